The van der Waals surface area contributed by atoms with E-state index in [9.17, 15) is 8.78 Å². The molecule has 0 saturated carbocycles. The Morgan fingerprint density at radius 2 is 1.00 bits per heavy atom. The molecule has 0 rings (SSSR count). The molecule has 1 atom stereocenters. The van der Waals surface area contributed by atoms with Gasteiger partial charge >= 0.3 is 4.59 Å². The van der Waals surface area contributed by atoms with Gasteiger partial charge in [0.15, 0.2) is 0 Å². The Morgan fingerprint density at radius 3 is 1.00 bits per heavy atom. The van der Waals surface area contributed by atoms with Crippen LogP contribution in [-0.2, 0) is 0 Å². The van der Waals surface area contributed by atoms with Crippen molar-refractivity contribution >= 4 is 69.6 Å². The third-order valence-electron chi connectivity index (χ3n) is 0.712. The predicted molar refractivity (Wildman–Crippen MR) is 45.5 cm³/mol. The summed E-state index contributed by atoms with van der Waals surface area (Å²) in [4.78, 5) is 0. The Hall–Kier alpha value is 1.60. The van der Waals surface area contributed by atoms with Gasteiger partial charge in [0, 0.05) is 0 Å². The van der Waals surface area contributed by atoms with Gasteiger partial charge in [-0.05, 0) is 0 Å². The van der Waals surface area contributed by atoms with Gasteiger partial charge in [-0.25, -0.2) is 8.78 Å². The molecule has 0 aromatic carbocycles. The largest absolute Gasteiger partial charge is 0.309 e. The zero-order chi connectivity index (χ0) is 9.50. The van der Waals surface area contributed by atoms with Crippen LogP contribution in [0.25, 0.3) is 0 Å². The summed E-state index contributed by atoms with van der Waals surface area (Å²) in [6, 6.07) is 0. The molecular weight excluding hydrogens is 287 g/mol. The van der Waals surface area contributed by atoms with Crippen LogP contribution in [0.15, 0.2) is 0 Å². The summed E-state index contributed by atoms with van der Waals surface area (Å²) in [5.74, 6) is 0. The van der Waals surface area contributed by atoms with Crippen molar-refractivity contribution in [2.24, 2.45) is 0 Å². The summed E-state index contributed by atoms with van der Waals surface area (Å²) in [5.41, 5.74) is 0. The van der Waals surface area contributed by atoms with Gasteiger partial charge in [-0.2, -0.15) is 0 Å². The topological polar surface area (TPSA) is 0 Å². The summed E-state index contributed by atoms with van der Waals surface area (Å²) >= 11 is 28.9. The molecule has 0 heterocycles. The Labute approximate surface area is 91.6 Å². The van der Waals surface area contributed by atoms with Crippen LogP contribution >= 0.6 is 69.6 Å². The fraction of sp³-hybridized carbons (Fsp3) is 1.00. The molecule has 0 fully saturated rings. The van der Waals surface area contributed by atoms with E-state index >= 15 is 0 Å². The minimum absolute atomic E-state index is 2.74. The maximum atomic E-state index is 12.8. The van der Waals surface area contributed by atoms with Crippen LogP contribution in [0.1, 0.15) is 0 Å². The number of rotatable bonds is 1. The van der Waals surface area contributed by atoms with Gasteiger partial charge in [-0.1, -0.05) is 69.6 Å². The van der Waals surface area contributed by atoms with E-state index in [0.29, 0.717) is 0 Å². The Kier molecular flexibility index (Phi) is 3.89. The second-order valence-electron chi connectivity index (χ2n) is 1.57. The van der Waals surface area contributed by atoms with E-state index < -0.39 is 13.5 Å². The van der Waals surface area contributed by atoms with Gasteiger partial charge in [-0.15, -0.1) is 0 Å². The molecule has 0 nitrogen and oxygen atoms in total. The molecule has 0 aromatic rings. The van der Waals surface area contributed by atoms with Crippen molar-refractivity contribution in [2.45, 2.75) is 13.5 Å². The summed E-state index contributed by atoms with van der Waals surface area (Å²) in [5, 5.41) is -3.49. The molecule has 0 aliphatic heterocycles. The SMILES string of the molecule is FC(Cl)(Cl)C(F)(Cl)C(Cl)(Cl)Cl. The lowest BCUT2D eigenvalue weighted by atomic mass is 10.4. The maximum absolute atomic E-state index is 12.8. The van der Waals surface area contributed by atoms with Crippen LogP contribution in [0.5, 0.6) is 0 Å². The smallest absolute Gasteiger partial charge is 0.215 e. The number of alkyl halides is 8. The average Bonchev–Trinajstić information content (AvgIpc) is 1.58. The van der Waals surface area contributed by atoms with Crippen LogP contribution in [-0.4, -0.2) is 13.5 Å². The van der Waals surface area contributed by atoms with Gasteiger partial charge in [-0.3, -0.25) is 0 Å². The van der Waals surface area contributed by atoms with Crippen LogP contribution < -0.4 is 0 Å². The summed E-state index contributed by atoms with van der Waals surface area (Å²) in [7, 11) is 0. The lowest BCUT2D eigenvalue weighted by molar-refractivity contribution is 0.159. The van der Waals surface area contributed by atoms with Crippen molar-refractivity contribution in [1.82, 2.24) is 0 Å². The first kappa shape index (κ1) is 12.6. The molecule has 0 saturated heterocycles. The van der Waals surface area contributed by atoms with Crippen molar-refractivity contribution in [3.05, 3.63) is 0 Å². The zero-order valence-corrected chi connectivity index (χ0v) is 9.06. The molecule has 0 radical (unpaired) electrons. The van der Waals surface area contributed by atoms with Gasteiger partial charge < -0.3 is 0 Å². The number of hydrogen-bond donors (Lipinski definition) is 0. The second-order valence-corrected chi connectivity index (χ2v) is 5.61. The molecule has 8 heteroatoms. The van der Waals surface area contributed by atoms with E-state index in [1.54, 1.807) is 0 Å². The van der Waals surface area contributed by atoms with Gasteiger partial charge in [0.05, 0.1) is 0 Å². The second kappa shape index (κ2) is 3.39. The molecule has 0 aliphatic carbocycles. The van der Waals surface area contributed by atoms with Crippen molar-refractivity contribution < 1.29 is 8.78 Å². The van der Waals surface area contributed by atoms with Crippen molar-refractivity contribution in [3.63, 3.8) is 0 Å². The zero-order valence-electron chi connectivity index (χ0n) is 4.52. The minimum Gasteiger partial charge on any atom is -0.215 e. The highest BCUT2D eigenvalue weighted by Gasteiger charge is 2.63. The fourth-order valence-corrected chi connectivity index (χ4v) is 1.12. The quantitative estimate of drug-likeness (QED) is 0.628. The maximum Gasteiger partial charge on any atom is 0.309 e. The average molecular weight is 287 g/mol. The van der Waals surface area contributed by atoms with E-state index in [4.69, 9.17) is 46.4 Å². The molecular formula is C3Cl6F2. The number of hydrogen-bond acceptors (Lipinski definition) is 0. The third kappa shape index (κ3) is 2.78. The standard InChI is InChI=1S/C3Cl6F2/c4-1(10,2(5,6)7)3(8,9)11. The highest BCUT2D eigenvalue weighted by molar-refractivity contribution is 6.72. The van der Waals surface area contributed by atoms with Crippen LogP contribution in [0.2, 0.25) is 0 Å². The van der Waals surface area contributed by atoms with Crippen LogP contribution in [0.4, 0.5) is 8.78 Å². The predicted octanol–water partition coefficient (Wildman–Crippen LogP) is 4.36. The molecule has 1 unspecified atom stereocenters. The summed E-state index contributed by atoms with van der Waals surface area (Å²) in [6.07, 6.45) is 0. The Balaban J connectivity index is 4.75. The Bertz CT molecular complexity index is 127. The third-order valence-corrected chi connectivity index (χ3v) is 3.04. The minimum atomic E-state index is -3.49. The summed E-state index contributed by atoms with van der Waals surface area (Å²) < 4.78 is 19.1. The van der Waals surface area contributed by atoms with E-state index in [1.165, 1.54) is 0 Å². The first-order valence-electron chi connectivity index (χ1n) is 2.01. The van der Waals surface area contributed by atoms with Crippen molar-refractivity contribution in [1.29, 1.82) is 0 Å². The molecule has 0 aromatic heterocycles. The first-order chi connectivity index (χ1) is 4.50. The first-order valence-corrected chi connectivity index (χ1v) is 4.28. The molecule has 0 spiro atoms. The summed E-state index contributed by atoms with van der Waals surface area (Å²) in [6.45, 7) is 0. The van der Waals surface area contributed by atoms with Gasteiger partial charge in [0.1, 0.15) is 0 Å². The molecule has 0 amide bonds. The molecule has 68 valence electrons. The highest BCUT2D eigenvalue weighted by atomic mass is 35.6. The Morgan fingerprint density at radius 1 is 0.727 bits per heavy atom. The lowest BCUT2D eigenvalue weighted by Gasteiger charge is -2.29. The molecule has 0 bridgehead atoms. The monoisotopic (exact) mass is 284 g/mol. The van der Waals surface area contributed by atoms with E-state index in [2.05, 4.69) is 23.2 Å². The van der Waals surface area contributed by atoms with Crippen molar-refractivity contribution in [2.75, 3.05) is 0 Å². The fourth-order valence-electron chi connectivity index (χ4n) is 0.161. The van der Waals surface area contributed by atoms with E-state index in [1.807, 2.05) is 0 Å². The molecule has 11 heavy (non-hydrogen) atoms. The van der Waals surface area contributed by atoms with Crippen molar-refractivity contribution in [3.8, 4) is 0 Å². The van der Waals surface area contributed by atoms with E-state index in [0.717, 1.165) is 0 Å². The van der Waals surface area contributed by atoms with Gasteiger partial charge in [0.25, 0.3) is 5.13 Å². The highest BCUT2D eigenvalue weighted by Crippen LogP contribution is 2.55. The number of halogens is 8. The molecule has 0 N–H and O–H groups in total. The van der Waals surface area contributed by atoms with Crippen LogP contribution in [0.3, 0.4) is 0 Å². The normalized spacial score (nSPS) is 19.6. The van der Waals surface area contributed by atoms with Gasteiger partial charge in [0.2, 0.25) is 3.79 Å². The lowest BCUT2D eigenvalue weighted by Crippen LogP contribution is -2.45. The van der Waals surface area contributed by atoms with Crippen LogP contribution in [0, 0.1) is 0 Å². The van der Waals surface area contributed by atoms with E-state index in [-0.39, 0.29) is 0 Å². The molecule has 0 aliphatic rings.